The lowest BCUT2D eigenvalue weighted by molar-refractivity contribution is 0.112. The fourth-order valence-electron chi connectivity index (χ4n) is 3.88. The average Bonchev–Trinajstić information content (AvgIpc) is 3.18. The largest absolute Gasteiger partial charge is 0.491 e. The summed E-state index contributed by atoms with van der Waals surface area (Å²) < 4.78 is 12.6. The first-order chi connectivity index (χ1) is 14.8. The number of nitrogens with one attached hydrogen (secondary N) is 2. The van der Waals surface area contributed by atoms with E-state index in [1.807, 2.05) is 48.1 Å². The predicted molar refractivity (Wildman–Crippen MR) is 118 cm³/mol. The van der Waals surface area contributed by atoms with E-state index in [4.69, 9.17) is 14.6 Å². The van der Waals surface area contributed by atoms with E-state index in [9.17, 15) is 4.79 Å². The highest BCUT2D eigenvalue weighted by Gasteiger charge is 2.29. The van der Waals surface area contributed by atoms with E-state index in [0.717, 1.165) is 47.6 Å². The van der Waals surface area contributed by atoms with Crippen molar-refractivity contribution in [2.24, 2.45) is 0 Å². The molecule has 7 heteroatoms. The Bertz CT molecular complexity index is 1010. The van der Waals surface area contributed by atoms with Gasteiger partial charge in [-0.15, -0.1) is 0 Å². The number of hydrogen-bond donors (Lipinski definition) is 2. The van der Waals surface area contributed by atoms with Crippen molar-refractivity contribution in [3.8, 4) is 17.0 Å². The van der Waals surface area contributed by atoms with E-state index in [1.165, 1.54) is 0 Å². The number of para-hydroxylation sites is 1. The normalized spacial score (nSPS) is 15.2. The third kappa shape index (κ3) is 3.76. The van der Waals surface area contributed by atoms with Gasteiger partial charge in [0, 0.05) is 32.0 Å². The zero-order valence-electron chi connectivity index (χ0n) is 17.2. The number of ether oxygens (including phenoxy) is 2. The number of anilines is 2. The number of carbonyl (C=O) groups is 1. The van der Waals surface area contributed by atoms with Crippen LogP contribution in [-0.2, 0) is 4.74 Å². The molecule has 0 amide bonds. The Morgan fingerprint density at radius 1 is 1.20 bits per heavy atom. The van der Waals surface area contributed by atoms with Gasteiger partial charge in [-0.05, 0) is 42.3 Å². The second-order valence-corrected chi connectivity index (χ2v) is 7.11. The van der Waals surface area contributed by atoms with E-state index in [2.05, 4.69) is 22.8 Å². The minimum atomic E-state index is 0.0500. The maximum atomic E-state index is 12.0. The standard InChI is InChI=1S/C23H26N4O3/c1-24-20-6-4-3-5-18(20)21-11-12-25-23-19(15-28)22(26-27(21)23)16-7-9-17(10-8-16)30-14-13-29-2/h3-10,15,21,24-25H,11-14H2,1-2H3. The lowest BCUT2D eigenvalue weighted by Gasteiger charge is -2.27. The van der Waals surface area contributed by atoms with Gasteiger partial charge in [0.15, 0.2) is 6.29 Å². The van der Waals surface area contributed by atoms with Crippen molar-refractivity contribution in [2.75, 3.05) is 44.5 Å². The molecule has 0 fully saturated rings. The molecule has 30 heavy (non-hydrogen) atoms. The topological polar surface area (TPSA) is 77.4 Å². The number of carbonyl (C=O) groups excluding carboxylic acids is 1. The molecule has 1 aliphatic rings. The second kappa shape index (κ2) is 9.00. The van der Waals surface area contributed by atoms with Crippen molar-refractivity contribution in [1.29, 1.82) is 0 Å². The molecule has 2 N–H and O–H groups in total. The van der Waals surface area contributed by atoms with Gasteiger partial charge >= 0.3 is 0 Å². The zero-order valence-corrected chi connectivity index (χ0v) is 17.2. The Balaban J connectivity index is 1.70. The Morgan fingerprint density at radius 2 is 2.00 bits per heavy atom. The molecular weight excluding hydrogens is 380 g/mol. The first-order valence-corrected chi connectivity index (χ1v) is 10.1. The number of hydrogen-bond acceptors (Lipinski definition) is 6. The SMILES string of the molecule is CNc1ccccc1C1CCNc2c(C=O)c(-c3ccc(OCCOC)cc3)nn21. The molecule has 0 spiro atoms. The van der Waals surface area contributed by atoms with Crippen LogP contribution < -0.4 is 15.4 Å². The molecule has 1 aromatic heterocycles. The number of aromatic nitrogens is 2. The van der Waals surface area contributed by atoms with Gasteiger partial charge in [-0.25, -0.2) is 4.68 Å². The smallest absolute Gasteiger partial charge is 0.156 e. The van der Waals surface area contributed by atoms with Gasteiger partial charge in [-0.1, -0.05) is 18.2 Å². The third-order valence-electron chi connectivity index (χ3n) is 5.34. The number of nitrogens with zero attached hydrogens (tertiary/aromatic N) is 2. The minimum Gasteiger partial charge on any atom is -0.491 e. The summed E-state index contributed by atoms with van der Waals surface area (Å²) in [4.78, 5) is 12.0. The van der Waals surface area contributed by atoms with Gasteiger partial charge in [0.1, 0.15) is 23.9 Å². The molecule has 0 radical (unpaired) electrons. The molecule has 3 aromatic rings. The monoisotopic (exact) mass is 406 g/mol. The van der Waals surface area contributed by atoms with Crippen LogP contribution >= 0.6 is 0 Å². The molecule has 0 saturated heterocycles. The summed E-state index contributed by atoms with van der Waals surface area (Å²) in [6.07, 6.45) is 1.77. The molecule has 1 atom stereocenters. The van der Waals surface area contributed by atoms with Gasteiger partial charge in [-0.2, -0.15) is 5.10 Å². The Kier molecular flexibility index (Phi) is 5.99. The molecule has 2 heterocycles. The van der Waals surface area contributed by atoms with Crippen LogP contribution in [0.5, 0.6) is 5.75 Å². The van der Waals surface area contributed by atoms with E-state index < -0.39 is 0 Å². The second-order valence-electron chi connectivity index (χ2n) is 7.11. The van der Waals surface area contributed by atoms with Crippen LogP contribution in [0.25, 0.3) is 11.3 Å². The quantitative estimate of drug-likeness (QED) is 0.437. The number of fused-ring (bicyclic) bond motifs is 1. The van der Waals surface area contributed by atoms with Crippen molar-refractivity contribution < 1.29 is 14.3 Å². The summed E-state index contributed by atoms with van der Waals surface area (Å²) in [6.45, 7) is 1.80. The highest BCUT2D eigenvalue weighted by molar-refractivity contribution is 5.92. The van der Waals surface area contributed by atoms with Crippen molar-refractivity contribution in [2.45, 2.75) is 12.5 Å². The third-order valence-corrected chi connectivity index (χ3v) is 5.34. The molecule has 4 rings (SSSR count). The summed E-state index contributed by atoms with van der Waals surface area (Å²) in [6, 6.07) is 15.9. The van der Waals surface area contributed by atoms with E-state index in [-0.39, 0.29) is 6.04 Å². The van der Waals surface area contributed by atoms with Crippen LogP contribution in [0.15, 0.2) is 48.5 Å². The van der Waals surface area contributed by atoms with Crippen LogP contribution in [0.3, 0.4) is 0 Å². The molecule has 1 aliphatic heterocycles. The van der Waals surface area contributed by atoms with Crippen molar-refractivity contribution in [1.82, 2.24) is 9.78 Å². The predicted octanol–water partition coefficient (Wildman–Crippen LogP) is 3.83. The van der Waals surface area contributed by atoms with Crippen molar-refractivity contribution in [3.05, 3.63) is 59.7 Å². The first-order valence-electron chi connectivity index (χ1n) is 10.1. The van der Waals surface area contributed by atoms with Gasteiger partial charge in [0.05, 0.1) is 18.2 Å². The van der Waals surface area contributed by atoms with Gasteiger partial charge in [0.25, 0.3) is 0 Å². The lowest BCUT2D eigenvalue weighted by Crippen LogP contribution is -2.25. The molecule has 0 saturated carbocycles. The molecule has 7 nitrogen and oxygen atoms in total. The van der Waals surface area contributed by atoms with Gasteiger partial charge in [-0.3, -0.25) is 4.79 Å². The number of benzene rings is 2. The Morgan fingerprint density at radius 3 is 2.73 bits per heavy atom. The number of methoxy groups -OCH3 is 1. The molecule has 0 bridgehead atoms. The summed E-state index contributed by atoms with van der Waals surface area (Å²) in [5.41, 5.74) is 4.36. The van der Waals surface area contributed by atoms with Gasteiger partial charge < -0.3 is 20.1 Å². The van der Waals surface area contributed by atoms with Crippen molar-refractivity contribution in [3.63, 3.8) is 0 Å². The van der Waals surface area contributed by atoms with E-state index in [1.54, 1.807) is 7.11 Å². The maximum absolute atomic E-state index is 12.0. The lowest BCUT2D eigenvalue weighted by atomic mass is 10.00. The minimum absolute atomic E-state index is 0.0500. The summed E-state index contributed by atoms with van der Waals surface area (Å²) >= 11 is 0. The fourth-order valence-corrected chi connectivity index (χ4v) is 3.88. The molecule has 156 valence electrons. The highest BCUT2D eigenvalue weighted by Crippen LogP contribution is 2.38. The van der Waals surface area contributed by atoms with E-state index in [0.29, 0.717) is 24.5 Å². The first kappa shape index (κ1) is 20.0. The van der Waals surface area contributed by atoms with Crippen LogP contribution in [-0.4, -0.2) is 50.0 Å². The summed E-state index contributed by atoms with van der Waals surface area (Å²) in [7, 11) is 3.56. The zero-order chi connectivity index (χ0) is 20.9. The van der Waals surface area contributed by atoms with Crippen LogP contribution in [0.2, 0.25) is 0 Å². The van der Waals surface area contributed by atoms with E-state index >= 15 is 0 Å². The molecular formula is C23H26N4O3. The maximum Gasteiger partial charge on any atom is 0.156 e. The Hall–Kier alpha value is -3.32. The molecule has 1 unspecified atom stereocenters. The van der Waals surface area contributed by atoms with Crippen LogP contribution in [0, 0.1) is 0 Å². The Labute approximate surface area is 176 Å². The van der Waals surface area contributed by atoms with Crippen molar-refractivity contribution >= 4 is 17.8 Å². The highest BCUT2D eigenvalue weighted by atomic mass is 16.5. The fraction of sp³-hybridized carbons (Fsp3) is 0.304. The van der Waals surface area contributed by atoms with Crippen LogP contribution in [0.1, 0.15) is 28.4 Å². The number of rotatable bonds is 8. The molecule has 2 aromatic carbocycles. The summed E-state index contributed by atoms with van der Waals surface area (Å²) in [5.74, 6) is 1.52. The van der Waals surface area contributed by atoms with Crippen LogP contribution in [0.4, 0.5) is 11.5 Å². The summed E-state index contributed by atoms with van der Waals surface area (Å²) in [5, 5.41) is 11.5. The van der Waals surface area contributed by atoms with Gasteiger partial charge in [0.2, 0.25) is 0 Å². The number of aldehydes is 1. The average molecular weight is 406 g/mol. The molecule has 0 aliphatic carbocycles.